The highest BCUT2D eigenvalue weighted by Crippen LogP contribution is 2.29. The van der Waals surface area contributed by atoms with Crippen molar-refractivity contribution in [2.45, 2.75) is 38.5 Å². The third-order valence-corrected chi connectivity index (χ3v) is 3.75. The molecule has 0 spiro atoms. The molecule has 0 bridgehead atoms. The normalized spacial score (nSPS) is 13.6. The molecule has 4 N–H and O–H groups in total. The number of nitrogens with one attached hydrogen (secondary N) is 2. The number of esters is 1. The Labute approximate surface area is 154 Å². The molecule has 0 fully saturated rings. The van der Waals surface area contributed by atoms with Crippen LogP contribution in [0.3, 0.4) is 0 Å². The number of methoxy groups -OCH3 is 1. The van der Waals surface area contributed by atoms with Gasteiger partial charge in [0, 0.05) is 6.42 Å². The molecule has 0 aromatic heterocycles. The first kappa shape index (κ1) is 22.3. The van der Waals surface area contributed by atoms with Crippen LogP contribution in [0.5, 0.6) is 0 Å². The van der Waals surface area contributed by atoms with Crippen LogP contribution >= 0.6 is 0 Å². The average molecular weight is 389 g/mol. The lowest BCUT2D eigenvalue weighted by Gasteiger charge is -2.22. The number of carbonyl (C=O) groups is 3. The number of nitrogens with two attached hydrogens (primary N) is 1. The van der Waals surface area contributed by atoms with Crippen molar-refractivity contribution in [3.05, 3.63) is 35.4 Å². The van der Waals surface area contributed by atoms with E-state index in [2.05, 4.69) is 15.4 Å². The number of benzene rings is 1. The molecule has 0 aliphatic rings. The first-order chi connectivity index (χ1) is 12.5. The van der Waals surface area contributed by atoms with Crippen LogP contribution in [0.4, 0.5) is 18.0 Å². The summed E-state index contributed by atoms with van der Waals surface area (Å²) >= 11 is 0. The summed E-state index contributed by atoms with van der Waals surface area (Å²) in [6, 6.07) is 1.26. The van der Waals surface area contributed by atoms with Gasteiger partial charge in [0.1, 0.15) is 12.1 Å². The molecule has 0 aliphatic carbocycles. The molecule has 3 amide bonds. The van der Waals surface area contributed by atoms with Crippen molar-refractivity contribution in [3.63, 3.8) is 0 Å². The molecular weight excluding hydrogens is 367 g/mol. The van der Waals surface area contributed by atoms with E-state index in [0.29, 0.717) is 0 Å². The summed E-state index contributed by atoms with van der Waals surface area (Å²) in [5.74, 6) is -1.89. The Morgan fingerprint density at radius 1 is 1.19 bits per heavy atom. The maximum Gasteiger partial charge on any atom is 0.416 e. The second-order valence-electron chi connectivity index (χ2n) is 6.22. The minimum Gasteiger partial charge on any atom is -0.467 e. The Kier molecular flexibility index (Phi) is 7.62. The number of hydrogen-bond acceptors (Lipinski definition) is 4. The van der Waals surface area contributed by atoms with Gasteiger partial charge in [-0.05, 0) is 17.5 Å². The highest BCUT2D eigenvalue weighted by Gasteiger charge is 2.31. The summed E-state index contributed by atoms with van der Waals surface area (Å²) in [5, 5.41) is 4.64. The Morgan fingerprint density at radius 2 is 1.81 bits per heavy atom. The van der Waals surface area contributed by atoms with Crippen LogP contribution in [-0.2, 0) is 26.9 Å². The molecule has 1 rings (SSSR count). The van der Waals surface area contributed by atoms with Crippen LogP contribution in [0, 0.1) is 5.92 Å². The fourth-order valence-corrected chi connectivity index (χ4v) is 2.30. The second kappa shape index (κ2) is 9.24. The van der Waals surface area contributed by atoms with Crippen LogP contribution in [0.2, 0.25) is 0 Å². The number of alkyl halides is 3. The van der Waals surface area contributed by atoms with E-state index >= 15 is 0 Å². The van der Waals surface area contributed by atoms with Gasteiger partial charge in [0.05, 0.1) is 12.7 Å². The first-order valence-electron chi connectivity index (χ1n) is 8.06. The van der Waals surface area contributed by atoms with Crippen LogP contribution in [-0.4, -0.2) is 37.1 Å². The average Bonchev–Trinajstić information content (AvgIpc) is 2.57. The van der Waals surface area contributed by atoms with Gasteiger partial charge in [0.15, 0.2) is 0 Å². The molecule has 1 unspecified atom stereocenters. The summed E-state index contributed by atoms with van der Waals surface area (Å²) < 4.78 is 42.9. The molecule has 0 aliphatic heterocycles. The quantitative estimate of drug-likeness (QED) is 0.615. The first-order valence-corrected chi connectivity index (χ1v) is 8.06. The van der Waals surface area contributed by atoms with Gasteiger partial charge in [-0.2, -0.15) is 13.2 Å². The van der Waals surface area contributed by atoms with Gasteiger partial charge >= 0.3 is 18.2 Å². The van der Waals surface area contributed by atoms with Crippen molar-refractivity contribution >= 4 is 17.9 Å². The zero-order valence-electron chi connectivity index (χ0n) is 15.1. The Bertz CT molecular complexity index is 692. The lowest BCUT2D eigenvalue weighted by molar-refractivity contribution is -0.144. The van der Waals surface area contributed by atoms with E-state index in [9.17, 15) is 27.6 Å². The Hall–Kier alpha value is -2.78. The third kappa shape index (κ3) is 6.80. The summed E-state index contributed by atoms with van der Waals surface area (Å²) in [6.07, 6.45) is -4.77. The maximum absolute atomic E-state index is 12.8. The monoisotopic (exact) mass is 389 g/mol. The molecular formula is C17H22F3N3O4. The maximum atomic E-state index is 12.8. The van der Waals surface area contributed by atoms with Crippen molar-refractivity contribution in [2.24, 2.45) is 11.7 Å². The molecule has 27 heavy (non-hydrogen) atoms. The molecule has 10 heteroatoms. The van der Waals surface area contributed by atoms with E-state index in [1.54, 1.807) is 13.8 Å². The standard InChI is InChI=1S/C17H22F3N3O4/c1-9(2)13(15(25)27-3)23-16(26)22-12(14(21)24)8-10-5-4-6-11(7-10)17(18,19)20/h4-7,9,12-13H,8H2,1-3H3,(H2,21,24)(H2,22,23,26)/t12-,13?/m0/s1. The number of ether oxygens (including phenoxy) is 1. The van der Waals surface area contributed by atoms with Crippen LogP contribution < -0.4 is 16.4 Å². The van der Waals surface area contributed by atoms with Gasteiger partial charge in [-0.3, -0.25) is 4.79 Å². The van der Waals surface area contributed by atoms with Gasteiger partial charge in [0.2, 0.25) is 5.91 Å². The largest absolute Gasteiger partial charge is 0.467 e. The van der Waals surface area contributed by atoms with Gasteiger partial charge in [-0.15, -0.1) is 0 Å². The molecule has 150 valence electrons. The highest BCUT2D eigenvalue weighted by molar-refractivity contribution is 5.88. The van der Waals surface area contributed by atoms with Crippen LogP contribution in [0.15, 0.2) is 24.3 Å². The fraction of sp³-hybridized carbons (Fsp3) is 0.471. The molecule has 0 radical (unpaired) electrons. The van der Waals surface area contributed by atoms with Crippen molar-refractivity contribution in [2.75, 3.05) is 7.11 Å². The van der Waals surface area contributed by atoms with Crippen molar-refractivity contribution in [1.82, 2.24) is 10.6 Å². The van der Waals surface area contributed by atoms with E-state index in [1.807, 2.05) is 0 Å². The number of halogens is 3. The number of primary amides is 1. The van der Waals surface area contributed by atoms with Crippen molar-refractivity contribution < 1.29 is 32.3 Å². The predicted octanol–water partition coefficient (Wildman–Crippen LogP) is 1.60. The van der Waals surface area contributed by atoms with Gasteiger partial charge in [0.25, 0.3) is 0 Å². The van der Waals surface area contributed by atoms with E-state index in [4.69, 9.17) is 5.73 Å². The summed E-state index contributed by atoms with van der Waals surface area (Å²) in [5.41, 5.74) is 4.53. The molecule has 1 aromatic rings. The van der Waals surface area contributed by atoms with Crippen molar-refractivity contribution in [3.8, 4) is 0 Å². The molecule has 0 saturated heterocycles. The zero-order chi connectivity index (χ0) is 20.8. The van der Waals surface area contributed by atoms with E-state index in [-0.39, 0.29) is 17.9 Å². The van der Waals surface area contributed by atoms with E-state index in [1.165, 1.54) is 12.1 Å². The molecule has 1 aromatic carbocycles. The van der Waals surface area contributed by atoms with Crippen LogP contribution in [0.25, 0.3) is 0 Å². The number of amides is 3. The fourth-order valence-electron chi connectivity index (χ4n) is 2.30. The number of hydrogen-bond donors (Lipinski definition) is 3. The third-order valence-electron chi connectivity index (χ3n) is 3.75. The SMILES string of the molecule is COC(=O)C(NC(=O)N[C@@H](Cc1cccc(C(F)(F)F)c1)C(N)=O)C(C)C. The number of rotatable bonds is 7. The minimum absolute atomic E-state index is 0.169. The highest BCUT2D eigenvalue weighted by atomic mass is 19.4. The molecule has 2 atom stereocenters. The lowest BCUT2D eigenvalue weighted by atomic mass is 10.0. The van der Waals surface area contributed by atoms with Gasteiger partial charge in [-0.1, -0.05) is 32.0 Å². The minimum atomic E-state index is -4.53. The number of carbonyl (C=O) groups excluding carboxylic acids is 3. The summed E-state index contributed by atoms with van der Waals surface area (Å²) in [4.78, 5) is 35.4. The van der Waals surface area contributed by atoms with Gasteiger partial charge in [-0.25, -0.2) is 9.59 Å². The Morgan fingerprint density at radius 3 is 2.30 bits per heavy atom. The lowest BCUT2D eigenvalue weighted by Crippen LogP contribution is -2.54. The zero-order valence-corrected chi connectivity index (χ0v) is 15.1. The molecule has 0 saturated carbocycles. The Balaban J connectivity index is 2.87. The summed E-state index contributed by atoms with van der Waals surface area (Å²) in [6.45, 7) is 3.35. The van der Waals surface area contributed by atoms with E-state index < -0.39 is 41.7 Å². The molecule has 7 nitrogen and oxygen atoms in total. The van der Waals surface area contributed by atoms with Gasteiger partial charge < -0.3 is 21.1 Å². The van der Waals surface area contributed by atoms with Crippen molar-refractivity contribution in [1.29, 1.82) is 0 Å². The smallest absolute Gasteiger partial charge is 0.416 e. The summed E-state index contributed by atoms with van der Waals surface area (Å²) in [7, 11) is 1.16. The number of urea groups is 1. The predicted molar refractivity (Wildman–Crippen MR) is 90.4 cm³/mol. The second-order valence-corrected chi connectivity index (χ2v) is 6.22. The molecule has 0 heterocycles. The van der Waals surface area contributed by atoms with E-state index in [0.717, 1.165) is 19.2 Å². The topological polar surface area (TPSA) is 111 Å². The van der Waals surface area contributed by atoms with Crippen LogP contribution in [0.1, 0.15) is 25.0 Å².